The highest BCUT2D eigenvalue weighted by Gasteiger charge is 2.21. The van der Waals surface area contributed by atoms with E-state index in [4.69, 9.17) is 4.74 Å². The van der Waals surface area contributed by atoms with E-state index in [-0.39, 0.29) is 36.7 Å². The minimum Gasteiger partial charge on any atom is -0.469 e. The second-order valence-corrected chi connectivity index (χ2v) is 7.54. The lowest BCUT2D eigenvalue weighted by Crippen LogP contribution is -2.35. The van der Waals surface area contributed by atoms with E-state index < -0.39 is 10.0 Å². The molecule has 23 heavy (non-hydrogen) atoms. The van der Waals surface area contributed by atoms with Gasteiger partial charge in [0.1, 0.15) is 0 Å². The molecule has 0 aliphatic rings. The number of carbonyl (C=O) groups excluding carboxylic acids is 1. The highest BCUT2D eigenvalue weighted by Crippen LogP contribution is 2.10. The second-order valence-electron chi connectivity index (χ2n) is 5.69. The molecular formula is C16H25NO5S. The Kier molecular flexibility index (Phi) is 7.67. The number of nitrogens with one attached hydrogen (secondary N) is 1. The summed E-state index contributed by atoms with van der Waals surface area (Å²) in [6, 6.07) is 7.15. The molecule has 0 bridgehead atoms. The van der Waals surface area contributed by atoms with Gasteiger partial charge in [-0.1, -0.05) is 38.1 Å². The topological polar surface area (TPSA) is 81.7 Å². The van der Waals surface area contributed by atoms with Crippen molar-refractivity contribution < 1.29 is 22.7 Å². The summed E-state index contributed by atoms with van der Waals surface area (Å²) >= 11 is 0. The molecule has 0 saturated heterocycles. The fourth-order valence-corrected chi connectivity index (χ4v) is 3.47. The summed E-state index contributed by atoms with van der Waals surface area (Å²) in [5, 5.41) is 0. The normalized spacial score (nSPS) is 13.1. The summed E-state index contributed by atoms with van der Waals surface area (Å²) in [6.45, 7) is 4.04. The monoisotopic (exact) mass is 343 g/mol. The molecule has 0 aliphatic heterocycles. The average Bonchev–Trinajstić information content (AvgIpc) is 2.51. The minimum atomic E-state index is -3.42. The van der Waals surface area contributed by atoms with Gasteiger partial charge in [-0.25, -0.2) is 13.1 Å². The first-order valence-electron chi connectivity index (χ1n) is 7.42. The molecule has 1 rings (SSSR count). The van der Waals surface area contributed by atoms with Crippen LogP contribution < -0.4 is 4.72 Å². The van der Waals surface area contributed by atoms with E-state index in [0.717, 1.165) is 11.1 Å². The third-order valence-electron chi connectivity index (χ3n) is 3.53. The number of rotatable bonds is 9. The van der Waals surface area contributed by atoms with Gasteiger partial charge in [0.05, 0.1) is 25.4 Å². The lowest BCUT2D eigenvalue weighted by atomic mass is 10.1. The number of benzene rings is 1. The Labute approximate surface area is 138 Å². The van der Waals surface area contributed by atoms with Crippen LogP contribution in [-0.4, -0.2) is 40.5 Å². The molecule has 1 N–H and O–H groups in total. The average molecular weight is 343 g/mol. The third kappa shape index (κ3) is 7.11. The lowest BCUT2D eigenvalue weighted by molar-refractivity contribution is -0.139. The first-order valence-corrected chi connectivity index (χ1v) is 9.07. The zero-order valence-corrected chi connectivity index (χ0v) is 14.9. The quantitative estimate of drug-likeness (QED) is 0.687. The Morgan fingerprint density at radius 1 is 1.13 bits per heavy atom. The molecule has 1 aromatic rings. The van der Waals surface area contributed by atoms with Crippen molar-refractivity contribution in [3.8, 4) is 0 Å². The molecule has 7 heteroatoms. The molecule has 0 heterocycles. The summed E-state index contributed by atoms with van der Waals surface area (Å²) < 4.78 is 36.5. The largest absolute Gasteiger partial charge is 0.469 e. The van der Waals surface area contributed by atoms with Gasteiger partial charge < -0.3 is 9.47 Å². The summed E-state index contributed by atoms with van der Waals surface area (Å²) in [5.41, 5.74) is 1.64. The molecule has 0 amide bonds. The van der Waals surface area contributed by atoms with Crippen molar-refractivity contribution in [2.45, 2.75) is 32.9 Å². The van der Waals surface area contributed by atoms with E-state index >= 15 is 0 Å². The standard InChI is InChI=1S/C16H25NO5S/c1-12(2)15(21-3)11-23(19,20)17-10-14-7-5-13(6-8-14)9-16(18)22-4/h5-8,12,15,17H,9-11H2,1-4H3. The minimum absolute atomic E-state index is 0.0679. The van der Waals surface area contributed by atoms with Crippen LogP contribution in [0.1, 0.15) is 25.0 Å². The predicted molar refractivity (Wildman–Crippen MR) is 88.4 cm³/mol. The van der Waals surface area contributed by atoms with Gasteiger partial charge in [0.25, 0.3) is 0 Å². The van der Waals surface area contributed by atoms with Gasteiger partial charge in [0, 0.05) is 13.7 Å². The van der Waals surface area contributed by atoms with E-state index in [1.165, 1.54) is 14.2 Å². The first-order chi connectivity index (χ1) is 10.8. The summed E-state index contributed by atoms with van der Waals surface area (Å²) in [7, 11) is -0.561. The van der Waals surface area contributed by atoms with Crippen LogP contribution >= 0.6 is 0 Å². The molecule has 0 saturated carbocycles. The molecule has 0 spiro atoms. The lowest BCUT2D eigenvalue weighted by Gasteiger charge is -2.19. The summed E-state index contributed by atoms with van der Waals surface area (Å²) in [5.74, 6) is -0.256. The number of methoxy groups -OCH3 is 2. The number of hydrogen-bond acceptors (Lipinski definition) is 5. The summed E-state index contributed by atoms with van der Waals surface area (Å²) in [6.07, 6.45) is -0.137. The van der Waals surface area contributed by atoms with Crippen LogP contribution in [0.4, 0.5) is 0 Å². The zero-order chi connectivity index (χ0) is 17.5. The number of hydrogen-bond donors (Lipinski definition) is 1. The molecule has 6 nitrogen and oxygen atoms in total. The van der Waals surface area contributed by atoms with Crippen molar-refractivity contribution in [3.63, 3.8) is 0 Å². The van der Waals surface area contributed by atoms with Crippen molar-refractivity contribution in [1.82, 2.24) is 4.72 Å². The number of carbonyl (C=O) groups is 1. The van der Waals surface area contributed by atoms with Gasteiger partial charge in [0.2, 0.25) is 10.0 Å². The van der Waals surface area contributed by atoms with Crippen LogP contribution in [-0.2, 0) is 37.3 Å². The van der Waals surface area contributed by atoms with Crippen molar-refractivity contribution in [2.24, 2.45) is 5.92 Å². The molecule has 0 aromatic heterocycles. The Morgan fingerprint density at radius 3 is 2.17 bits per heavy atom. The van der Waals surface area contributed by atoms with Crippen LogP contribution in [0, 0.1) is 5.92 Å². The maximum Gasteiger partial charge on any atom is 0.309 e. The van der Waals surface area contributed by atoms with E-state index in [0.29, 0.717) is 0 Å². The van der Waals surface area contributed by atoms with Crippen LogP contribution in [0.15, 0.2) is 24.3 Å². The molecule has 0 aliphatic carbocycles. The van der Waals surface area contributed by atoms with Crippen molar-refractivity contribution >= 4 is 16.0 Å². The predicted octanol–water partition coefficient (Wildman–Crippen LogP) is 1.49. The molecule has 130 valence electrons. The van der Waals surface area contributed by atoms with Crippen molar-refractivity contribution in [1.29, 1.82) is 0 Å². The van der Waals surface area contributed by atoms with Crippen LogP contribution in [0.5, 0.6) is 0 Å². The van der Waals surface area contributed by atoms with Crippen LogP contribution in [0.3, 0.4) is 0 Å². The van der Waals surface area contributed by atoms with Crippen LogP contribution in [0.25, 0.3) is 0 Å². The van der Waals surface area contributed by atoms with E-state index in [1.807, 2.05) is 13.8 Å². The van der Waals surface area contributed by atoms with Crippen LogP contribution in [0.2, 0.25) is 0 Å². The molecule has 1 atom stereocenters. The highest BCUT2D eigenvalue weighted by molar-refractivity contribution is 7.89. The second kappa shape index (κ2) is 9.00. The Balaban J connectivity index is 2.58. The van der Waals surface area contributed by atoms with E-state index in [2.05, 4.69) is 9.46 Å². The molecule has 0 fully saturated rings. The van der Waals surface area contributed by atoms with Gasteiger partial charge in [-0.2, -0.15) is 0 Å². The molecule has 0 radical (unpaired) electrons. The number of ether oxygens (including phenoxy) is 2. The Morgan fingerprint density at radius 2 is 1.70 bits per heavy atom. The fraction of sp³-hybridized carbons (Fsp3) is 0.562. The van der Waals surface area contributed by atoms with Gasteiger partial charge in [0.15, 0.2) is 0 Å². The number of sulfonamides is 1. The zero-order valence-electron chi connectivity index (χ0n) is 14.0. The van der Waals surface area contributed by atoms with E-state index in [1.54, 1.807) is 24.3 Å². The summed E-state index contributed by atoms with van der Waals surface area (Å²) in [4.78, 5) is 11.2. The number of esters is 1. The van der Waals surface area contributed by atoms with Gasteiger partial charge in [-0.3, -0.25) is 4.79 Å². The first kappa shape index (κ1) is 19.6. The smallest absolute Gasteiger partial charge is 0.309 e. The maximum atomic E-state index is 12.1. The highest BCUT2D eigenvalue weighted by atomic mass is 32.2. The molecule has 1 aromatic carbocycles. The van der Waals surface area contributed by atoms with Gasteiger partial charge >= 0.3 is 5.97 Å². The SMILES string of the molecule is COC(=O)Cc1ccc(CNS(=O)(=O)CC(OC)C(C)C)cc1. The van der Waals surface area contributed by atoms with E-state index in [9.17, 15) is 13.2 Å². The third-order valence-corrected chi connectivity index (χ3v) is 4.88. The van der Waals surface area contributed by atoms with Crippen molar-refractivity contribution in [2.75, 3.05) is 20.0 Å². The molecular weight excluding hydrogens is 318 g/mol. The van der Waals surface area contributed by atoms with Crippen molar-refractivity contribution in [3.05, 3.63) is 35.4 Å². The fourth-order valence-electron chi connectivity index (χ4n) is 2.01. The molecule has 1 unspecified atom stereocenters. The van der Waals surface area contributed by atoms with Gasteiger partial charge in [-0.15, -0.1) is 0 Å². The Hall–Kier alpha value is -1.44. The maximum absolute atomic E-state index is 12.1. The van der Waals surface area contributed by atoms with Gasteiger partial charge in [-0.05, 0) is 17.0 Å². The Bertz CT molecular complexity index is 595.